The van der Waals surface area contributed by atoms with E-state index in [-0.39, 0.29) is 5.75 Å². The summed E-state index contributed by atoms with van der Waals surface area (Å²) in [6.07, 6.45) is 0. The van der Waals surface area contributed by atoms with Crippen molar-refractivity contribution >= 4 is 105 Å². The number of aryl methyl sites for hydroxylation is 10. The highest BCUT2D eigenvalue weighted by Crippen LogP contribution is 2.33. The summed E-state index contributed by atoms with van der Waals surface area (Å²) in [4.78, 5) is 28.9. The number of aromatic nitrogens is 9. The quantitative estimate of drug-likeness (QED) is 0.144. The SMILES string of the molecule is Cc1cc2nc3c4cc(N)ccc4n(C)c3nc2cc1C.Cc1cc2nc3c4cc(O)ccc4n(C)c3nc2cc1C.Cc1ccc2c(c1)c1nc3cc(C)c(C)cc3nc1n2C. The highest BCUT2D eigenvalue weighted by Gasteiger charge is 2.16. The Bertz CT molecular complexity index is 3490. The van der Waals surface area contributed by atoms with E-state index in [1.807, 2.05) is 42.9 Å². The Balaban J connectivity index is 0.000000112. The summed E-state index contributed by atoms with van der Waals surface area (Å²) in [6, 6.07) is 30.3. The number of phenolic OH excluding ortho intramolecular Hbond substituents is 1. The van der Waals surface area contributed by atoms with Crippen LogP contribution in [0.15, 0.2) is 91.0 Å². The Kier molecular flexibility index (Phi) is 9.07. The van der Waals surface area contributed by atoms with Crippen LogP contribution in [-0.4, -0.2) is 48.7 Å². The van der Waals surface area contributed by atoms with Gasteiger partial charge in [-0.25, -0.2) is 29.9 Å². The molecule has 312 valence electrons. The first-order valence-corrected chi connectivity index (χ1v) is 21.1. The molecule has 6 aromatic heterocycles. The first kappa shape index (κ1) is 39.5. The van der Waals surface area contributed by atoms with Crippen molar-refractivity contribution in [3.8, 4) is 5.75 Å². The van der Waals surface area contributed by atoms with Gasteiger partial charge in [0.25, 0.3) is 0 Å². The summed E-state index contributed by atoms with van der Waals surface area (Å²) in [5, 5.41) is 12.9. The van der Waals surface area contributed by atoms with Crippen molar-refractivity contribution in [2.24, 2.45) is 21.1 Å². The third-order valence-electron chi connectivity index (χ3n) is 12.7. The molecule has 0 atom stereocenters. The molecule has 11 nitrogen and oxygen atoms in total. The standard InChI is InChI=1S/C18H17N3.C17H16N4.C17H15N3O/c1-10-5-6-16-13(7-10)17-18(21(16)4)20-15-9-12(3)11(2)8-14(15)19-17;1-9-6-13-14(7-10(9)2)20-17-16(19-13)12-8-11(18)4-5-15(12)21(17)3;1-9-6-13-14(7-10(9)2)19-17-16(18-13)12-8-11(21)4-5-15(12)20(17)3/h5-9H,1-4H3;4-8H,18H2,1-3H3;4-8,21H,1-3H3. The van der Waals surface area contributed by atoms with E-state index in [1.165, 1.54) is 49.8 Å². The molecule has 0 unspecified atom stereocenters. The second kappa shape index (κ2) is 14.5. The first-order chi connectivity index (χ1) is 30.1. The maximum absolute atomic E-state index is 9.74. The lowest BCUT2D eigenvalue weighted by Crippen LogP contribution is -1.93. The fourth-order valence-corrected chi connectivity index (χ4v) is 8.67. The smallest absolute Gasteiger partial charge is 0.160 e. The Labute approximate surface area is 363 Å². The van der Waals surface area contributed by atoms with Gasteiger partial charge in [0.15, 0.2) is 16.9 Å². The summed E-state index contributed by atoms with van der Waals surface area (Å²) in [7, 11) is 6.05. The van der Waals surface area contributed by atoms with Crippen LogP contribution in [0.5, 0.6) is 5.75 Å². The van der Waals surface area contributed by atoms with Gasteiger partial charge < -0.3 is 24.5 Å². The zero-order valence-corrected chi connectivity index (χ0v) is 37.2. The normalized spacial score (nSPS) is 11.8. The number of rotatable bonds is 0. The monoisotopic (exact) mass is 828 g/mol. The number of anilines is 1. The minimum absolute atomic E-state index is 0.247. The summed E-state index contributed by atoms with van der Waals surface area (Å²) in [5.74, 6) is 0.247. The Morgan fingerprint density at radius 2 is 0.698 bits per heavy atom. The third-order valence-corrected chi connectivity index (χ3v) is 12.7. The highest BCUT2D eigenvalue weighted by molar-refractivity contribution is 6.09. The lowest BCUT2D eigenvalue weighted by atomic mass is 10.1. The topological polar surface area (TPSA) is 138 Å². The Morgan fingerprint density at radius 1 is 0.381 bits per heavy atom. The van der Waals surface area contributed by atoms with Gasteiger partial charge in [0, 0.05) is 43.0 Å². The van der Waals surface area contributed by atoms with Crippen molar-refractivity contribution in [2.75, 3.05) is 5.73 Å². The second-order valence-electron chi connectivity index (χ2n) is 17.1. The molecule has 0 aliphatic heterocycles. The molecule has 0 amide bonds. The van der Waals surface area contributed by atoms with Gasteiger partial charge in [-0.05, 0) is 167 Å². The minimum atomic E-state index is 0.247. The van der Waals surface area contributed by atoms with Crippen molar-refractivity contribution in [2.45, 2.75) is 48.5 Å². The maximum atomic E-state index is 9.74. The summed E-state index contributed by atoms with van der Waals surface area (Å²) in [5.41, 5.74) is 29.6. The first-order valence-electron chi connectivity index (χ1n) is 21.1. The highest BCUT2D eigenvalue weighted by atomic mass is 16.3. The van der Waals surface area contributed by atoms with Crippen LogP contribution in [0.25, 0.3) is 99.3 Å². The molecular formula is C52H48N10O. The predicted molar refractivity (Wildman–Crippen MR) is 260 cm³/mol. The lowest BCUT2D eigenvalue weighted by molar-refractivity contribution is 0.476. The number of hydrogen-bond acceptors (Lipinski definition) is 8. The maximum Gasteiger partial charge on any atom is 0.160 e. The van der Waals surface area contributed by atoms with E-state index >= 15 is 0 Å². The van der Waals surface area contributed by atoms with Crippen molar-refractivity contribution < 1.29 is 5.11 Å². The number of phenols is 1. The largest absolute Gasteiger partial charge is 0.508 e. The van der Waals surface area contributed by atoms with Gasteiger partial charge in [-0.1, -0.05) is 11.6 Å². The molecule has 0 aliphatic carbocycles. The van der Waals surface area contributed by atoms with Crippen molar-refractivity contribution in [3.05, 3.63) is 130 Å². The van der Waals surface area contributed by atoms with Gasteiger partial charge >= 0.3 is 0 Å². The molecule has 3 N–H and O–H groups in total. The molecular weight excluding hydrogens is 781 g/mol. The Morgan fingerprint density at radius 3 is 1.10 bits per heavy atom. The van der Waals surface area contributed by atoms with Crippen LogP contribution in [0.4, 0.5) is 5.69 Å². The number of hydrogen-bond donors (Lipinski definition) is 2. The van der Waals surface area contributed by atoms with Crippen molar-refractivity contribution in [1.29, 1.82) is 0 Å². The van der Waals surface area contributed by atoms with Crippen LogP contribution in [0.2, 0.25) is 0 Å². The van der Waals surface area contributed by atoms with Crippen molar-refractivity contribution in [3.63, 3.8) is 0 Å². The molecule has 12 rings (SSSR count). The minimum Gasteiger partial charge on any atom is -0.508 e. The number of aromatic hydroxyl groups is 1. The van der Waals surface area contributed by atoms with E-state index in [0.29, 0.717) is 0 Å². The molecule has 6 heterocycles. The van der Waals surface area contributed by atoms with Gasteiger partial charge in [0.2, 0.25) is 0 Å². The van der Waals surface area contributed by atoms with Gasteiger partial charge in [0.05, 0.1) is 49.7 Å². The average molecular weight is 829 g/mol. The van der Waals surface area contributed by atoms with Crippen LogP contribution in [0.1, 0.15) is 38.9 Å². The van der Waals surface area contributed by atoms with E-state index in [0.717, 1.165) is 94.1 Å². The van der Waals surface area contributed by atoms with Crippen LogP contribution in [-0.2, 0) is 21.1 Å². The molecule has 0 saturated heterocycles. The third kappa shape index (κ3) is 6.50. The predicted octanol–water partition coefficient (Wildman–Crippen LogP) is 11.3. The molecule has 0 radical (unpaired) electrons. The van der Waals surface area contributed by atoms with Gasteiger partial charge in [-0.3, -0.25) is 0 Å². The van der Waals surface area contributed by atoms with Crippen LogP contribution in [0.3, 0.4) is 0 Å². The van der Waals surface area contributed by atoms with E-state index < -0.39 is 0 Å². The van der Waals surface area contributed by atoms with Gasteiger partial charge in [-0.2, -0.15) is 0 Å². The number of fused-ring (bicyclic) bond motifs is 12. The second-order valence-corrected chi connectivity index (χ2v) is 17.1. The number of nitrogen functional groups attached to an aromatic ring is 1. The van der Waals surface area contributed by atoms with E-state index in [4.69, 9.17) is 35.6 Å². The number of nitrogens with two attached hydrogens (primary N) is 1. The fraction of sp³-hybridized carbons (Fsp3) is 0.192. The molecule has 0 spiro atoms. The molecule has 63 heavy (non-hydrogen) atoms. The zero-order valence-electron chi connectivity index (χ0n) is 37.2. The van der Waals surface area contributed by atoms with Gasteiger partial charge in [-0.15, -0.1) is 0 Å². The van der Waals surface area contributed by atoms with E-state index in [9.17, 15) is 5.11 Å². The average Bonchev–Trinajstić information content (AvgIpc) is 3.78. The number of benzene rings is 6. The molecule has 0 bridgehead atoms. The van der Waals surface area contributed by atoms with Crippen molar-refractivity contribution in [1.82, 2.24) is 43.6 Å². The summed E-state index contributed by atoms with van der Waals surface area (Å²) >= 11 is 0. The molecule has 6 aromatic carbocycles. The molecule has 0 aliphatic rings. The van der Waals surface area contributed by atoms with E-state index in [1.54, 1.807) is 12.1 Å². The van der Waals surface area contributed by atoms with Crippen LogP contribution in [0, 0.1) is 48.5 Å². The molecule has 11 heteroatoms. The summed E-state index contributed by atoms with van der Waals surface area (Å²) < 4.78 is 6.23. The van der Waals surface area contributed by atoms with Gasteiger partial charge in [0.1, 0.15) is 22.3 Å². The lowest BCUT2D eigenvalue weighted by Gasteiger charge is -2.03. The zero-order chi connectivity index (χ0) is 44.2. The van der Waals surface area contributed by atoms with Crippen LogP contribution >= 0.6 is 0 Å². The van der Waals surface area contributed by atoms with E-state index in [2.05, 4.69) is 119 Å². The Hall–Kier alpha value is -7.66. The van der Waals surface area contributed by atoms with Crippen LogP contribution < -0.4 is 5.73 Å². The molecule has 0 saturated carbocycles. The molecule has 12 aromatic rings. The molecule has 0 fully saturated rings. The summed E-state index contributed by atoms with van der Waals surface area (Å²) in [6.45, 7) is 14.7. The fourth-order valence-electron chi connectivity index (χ4n) is 8.67. The number of nitrogens with zero attached hydrogens (tertiary/aromatic N) is 9.